The lowest BCUT2D eigenvalue weighted by Crippen LogP contribution is -2.14. The summed E-state index contributed by atoms with van der Waals surface area (Å²) in [7, 11) is 0. The Kier molecular flexibility index (Phi) is 6.20. The number of anilines is 1. The average molecular weight is 245 g/mol. The standard InChI is InChI=1S/C16H23NO/c1-13(2)8-7-9-14(3)12-16(18)17-15-10-5-4-6-11-15/h4-6,8,10-11,14H,7,9,12H2,1-3H3,(H,17,18). The largest absolute Gasteiger partial charge is 0.326 e. The van der Waals surface area contributed by atoms with E-state index < -0.39 is 0 Å². The number of para-hydroxylation sites is 1. The number of amides is 1. The molecule has 18 heavy (non-hydrogen) atoms. The minimum Gasteiger partial charge on any atom is -0.326 e. The summed E-state index contributed by atoms with van der Waals surface area (Å²) in [5, 5.41) is 2.92. The number of carbonyl (C=O) groups excluding carboxylic acids is 1. The molecular weight excluding hydrogens is 222 g/mol. The highest BCUT2D eigenvalue weighted by Crippen LogP contribution is 2.13. The Bertz CT molecular complexity index is 391. The monoisotopic (exact) mass is 245 g/mol. The minimum absolute atomic E-state index is 0.103. The molecule has 98 valence electrons. The van der Waals surface area contributed by atoms with E-state index in [-0.39, 0.29) is 5.91 Å². The number of hydrogen-bond acceptors (Lipinski definition) is 1. The number of carbonyl (C=O) groups is 1. The molecule has 2 heteroatoms. The highest BCUT2D eigenvalue weighted by Gasteiger charge is 2.08. The van der Waals surface area contributed by atoms with E-state index in [4.69, 9.17) is 0 Å². The summed E-state index contributed by atoms with van der Waals surface area (Å²) in [5.74, 6) is 0.523. The number of benzene rings is 1. The van der Waals surface area contributed by atoms with Gasteiger partial charge in [-0.3, -0.25) is 4.79 Å². The van der Waals surface area contributed by atoms with Crippen molar-refractivity contribution < 1.29 is 4.79 Å². The molecule has 0 aliphatic heterocycles. The molecular formula is C16H23NO. The van der Waals surface area contributed by atoms with Crippen LogP contribution in [0.25, 0.3) is 0 Å². The predicted molar refractivity (Wildman–Crippen MR) is 77.5 cm³/mol. The van der Waals surface area contributed by atoms with E-state index in [0.29, 0.717) is 12.3 Å². The first-order valence-corrected chi connectivity index (χ1v) is 6.56. The topological polar surface area (TPSA) is 29.1 Å². The number of nitrogens with one attached hydrogen (secondary N) is 1. The van der Waals surface area contributed by atoms with Gasteiger partial charge in [-0.25, -0.2) is 0 Å². The summed E-state index contributed by atoms with van der Waals surface area (Å²) in [4.78, 5) is 11.8. The van der Waals surface area contributed by atoms with Gasteiger partial charge in [-0.05, 0) is 44.7 Å². The van der Waals surface area contributed by atoms with Crippen LogP contribution < -0.4 is 5.32 Å². The molecule has 0 aliphatic rings. The Morgan fingerprint density at radius 2 is 1.94 bits per heavy atom. The maximum atomic E-state index is 11.8. The van der Waals surface area contributed by atoms with Gasteiger partial charge in [0.25, 0.3) is 0 Å². The summed E-state index contributed by atoms with van der Waals surface area (Å²) in [6.07, 6.45) is 4.94. The molecule has 0 fully saturated rings. The molecule has 1 rings (SSSR count). The van der Waals surface area contributed by atoms with Crippen molar-refractivity contribution in [3.63, 3.8) is 0 Å². The third kappa shape index (κ3) is 6.24. The molecule has 0 heterocycles. The molecule has 1 amide bonds. The summed E-state index contributed by atoms with van der Waals surface area (Å²) < 4.78 is 0. The third-order valence-electron chi connectivity index (χ3n) is 2.80. The zero-order chi connectivity index (χ0) is 13.4. The molecule has 1 aromatic rings. The van der Waals surface area contributed by atoms with Crippen LogP contribution in [0.3, 0.4) is 0 Å². The first-order chi connectivity index (χ1) is 8.58. The van der Waals surface area contributed by atoms with Crippen LogP contribution in [0.2, 0.25) is 0 Å². The van der Waals surface area contributed by atoms with Gasteiger partial charge in [-0.1, -0.05) is 36.8 Å². The lowest BCUT2D eigenvalue weighted by molar-refractivity contribution is -0.117. The van der Waals surface area contributed by atoms with E-state index in [2.05, 4.69) is 32.2 Å². The number of rotatable bonds is 6. The van der Waals surface area contributed by atoms with E-state index >= 15 is 0 Å². The Balaban J connectivity index is 2.29. The van der Waals surface area contributed by atoms with E-state index in [1.165, 1.54) is 5.57 Å². The van der Waals surface area contributed by atoms with E-state index in [1.54, 1.807) is 0 Å². The summed E-state index contributed by atoms with van der Waals surface area (Å²) in [5.41, 5.74) is 2.22. The first kappa shape index (κ1) is 14.5. The Labute approximate surface area is 110 Å². The maximum absolute atomic E-state index is 11.8. The molecule has 1 aromatic carbocycles. The van der Waals surface area contributed by atoms with Gasteiger partial charge in [0, 0.05) is 12.1 Å². The zero-order valence-electron chi connectivity index (χ0n) is 11.6. The van der Waals surface area contributed by atoms with Crippen LogP contribution in [-0.4, -0.2) is 5.91 Å². The molecule has 0 aromatic heterocycles. The van der Waals surface area contributed by atoms with Crippen LogP contribution >= 0.6 is 0 Å². The highest BCUT2D eigenvalue weighted by atomic mass is 16.1. The lowest BCUT2D eigenvalue weighted by Gasteiger charge is -2.10. The second-order valence-electron chi connectivity index (χ2n) is 5.08. The van der Waals surface area contributed by atoms with E-state index in [9.17, 15) is 4.79 Å². The molecule has 0 spiro atoms. The van der Waals surface area contributed by atoms with Crippen molar-refractivity contribution in [2.75, 3.05) is 5.32 Å². The van der Waals surface area contributed by atoms with Crippen molar-refractivity contribution in [3.05, 3.63) is 42.0 Å². The minimum atomic E-state index is 0.103. The van der Waals surface area contributed by atoms with Crippen LogP contribution in [0.15, 0.2) is 42.0 Å². The van der Waals surface area contributed by atoms with Crippen molar-refractivity contribution in [3.8, 4) is 0 Å². The third-order valence-corrected chi connectivity index (χ3v) is 2.80. The molecule has 0 saturated carbocycles. The maximum Gasteiger partial charge on any atom is 0.224 e. The normalized spacial score (nSPS) is 11.7. The summed E-state index contributed by atoms with van der Waals surface area (Å²) >= 11 is 0. The molecule has 1 unspecified atom stereocenters. The Morgan fingerprint density at radius 3 is 2.56 bits per heavy atom. The van der Waals surface area contributed by atoms with Gasteiger partial charge in [0.2, 0.25) is 5.91 Å². The SMILES string of the molecule is CC(C)=CCCC(C)CC(=O)Nc1ccccc1. The molecule has 2 nitrogen and oxygen atoms in total. The van der Waals surface area contributed by atoms with Crippen molar-refractivity contribution in [2.24, 2.45) is 5.92 Å². The van der Waals surface area contributed by atoms with Gasteiger partial charge in [-0.2, -0.15) is 0 Å². The summed E-state index contributed by atoms with van der Waals surface area (Å²) in [6.45, 7) is 6.34. The fraction of sp³-hybridized carbons (Fsp3) is 0.438. The van der Waals surface area contributed by atoms with Crippen LogP contribution in [0.5, 0.6) is 0 Å². The van der Waals surface area contributed by atoms with Gasteiger partial charge >= 0.3 is 0 Å². The molecule has 1 atom stereocenters. The van der Waals surface area contributed by atoms with Crippen molar-refractivity contribution in [1.29, 1.82) is 0 Å². The highest BCUT2D eigenvalue weighted by molar-refractivity contribution is 5.90. The fourth-order valence-corrected chi connectivity index (χ4v) is 1.81. The first-order valence-electron chi connectivity index (χ1n) is 6.56. The van der Waals surface area contributed by atoms with Crippen molar-refractivity contribution in [1.82, 2.24) is 0 Å². The van der Waals surface area contributed by atoms with Crippen LogP contribution in [0.4, 0.5) is 5.69 Å². The van der Waals surface area contributed by atoms with E-state index in [1.807, 2.05) is 30.3 Å². The van der Waals surface area contributed by atoms with Crippen LogP contribution in [-0.2, 0) is 4.79 Å². The van der Waals surface area contributed by atoms with Gasteiger partial charge in [0.1, 0.15) is 0 Å². The smallest absolute Gasteiger partial charge is 0.224 e. The fourth-order valence-electron chi connectivity index (χ4n) is 1.81. The van der Waals surface area contributed by atoms with Gasteiger partial charge in [0.15, 0.2) is 0 Å². The lowest BCUT2D eigenvalue weighted by atomic mass is 10.0. The average Bonchev–Trinajstić information content (AvgIpc) is 2.29. The molecule has 0 saturated heterocycles. The molecule has 1 N–H and O–H groups in total. The zero-order valence-corrected chi connectivity index (χ0v) is 11.6. The number of hydrogen-bond donors (Lipinski definition) is 1. The van der Waals surface area contributed by atoms with E-state index in [0.717, 1.165) is 18.5 Å². The number of allylic oxidation sites excluding steroid dienone is 2. The Morgan fingerprint density at radius 1 is 1.28 bits per heavy atom. The Hall–Kier alpha value is -1.57. The van der Waals surface area contributed by atoms with Gasteiger partial charge in [0.05, 0.1) is 0 Å². The van der Waals surface area contributed by atoms with Crippen LogP contribution in [0, 0.1) is 5.92 Å². The molecule has 0 aliphatic carbocycles. The second-order valence-corrected chi connectivity index (χ2v) is 5.08. The van der Waals surface area contributed by atoms with Crippen molar-refractivity contribution >= 4 is 11.6 Å². The van der Waals surface area contributed by atoms with Gasteiger partial charge < -0.3 is 5.32 Å². The second kappa shape index (κ2) is 7.70. The summed E-state index contributed by atoms with van der Waals surface area (Å²) in [6, 6.07) is 9.61. The quantitative estimate of drug-likeness (QED) is 0.739. The molecule has 0 bridgehead atoms. The van der Waals surface area contributed by atoms with Crippen LogP contribution in [0.1, 0.15) is 40.0 Å². The predicted octanol–water partition coefficient (Wildman–Crippen LogP) is 4.40. The van der Waals surface area contributed by atoms with Gasteiger partial charge in [-0.15, -0.1) is 0 Å². The van der Waals surface area contributed by atoms with Crippen molar-refractivity contribution in [2.45, 2.75) is 40.0 Å². The molecule has 0 radical (unpaired) electrons.